The third-order valence-corrected chi connectivity index (χ3v) is 6.24. The molecule has 4 rings (SSSR count). The molecular formula is C25H29ClN6O3. The second kappa shape index (κ2) is 11.8. The molecule has 1 aromatic heterocycles. The van der Waals surface area contributed by atoms with E-state index in [1.165, 1.54) is 25.7 Å². The zero-order valence-corrected chi connectivity index (χ0v) is 20.6. The van der Waals surface area contributed by atoms with E-state index in [9.17, 15) is 4.91 Å². The van der Waals surface area contributed by atoms with Crippen molar-refractivity contribution in [2.24, 2.45) is 5.18 Å². The van der Waals surface area contributed by atoms with E-state index in [0.29, 0.717) is 40.1 Å². The second-order valence-electron chi connectivity index (χ2n) is 8.52. The Morgan fingerprint density at radius 1 is 1.00 bits per heavy atom. The van der Waals surface area contributed by atoms with Gasteiger partial charge >= 0.3 is 6.01 Å². The fourth-order valence-corrected chi connectivity index (χ4v) is 4.24. The van der Waals surface area contributed by atoms with Crippen molar-refractivity contribution in [3.63, 3.8) is 0 Å². The van der Waals surface area contributed by atoms with Crippen LogP contribution in [0.25, 0.3) is 0 Å². The van der Waals surface area contributed by atoms with E-state index >= 15 is 0 Å². The van der Waals surface area contributed by atoms with Crippen LogP contribution in [0.5, 0.6) is 17.5 Å². The lowest BCUT2D eigenvalue weighted by atomic mass is 10.1. The maximum atomic E-state index is 10.8. The summed E-state index contributed by atoms with van der Waals surface area (Å²) in [5.41, 5.74) is 1.51. The fourth-order valence-electron chi connectivity index (χ4n) is 3.98. The number of methoxy groups -OCH3 is 1. The molecular weight excluding hydrogens is 468 g/mol. The number of hydrogen-bond donors (Lipinski definition) is 2. The molecule has 3 aromatic rings. The molecule has 1 aliphatic rings. The lowest BCUT2D eigenvalue weighted by Crippen LogP contribution is -2.20. The lowest BCUT2D eigenvalue weighted by Gasteiger charge is -2.17. The van der Waals surface area contributed by atoms with Crippen molar-refractivity contribution in [3.8, 4) is 17.5 Å². The Kier molecular flexibility index (Phi) is 8.31. The van der Waals surface area contributed by atoms with Gasteiger partial charge < -0.3 is 20.1 Å². The molecule has 0 spiro atoms. The van der Waals surface area contributed by atoms with E-state index in [2.05, 4.69) is 30.8 Å². The monoisotopic (exact) mass is 496 g/mol. The zero-order valence-electron chi connectivity index (χ0n) is 19.8. The molecule has 1 aliphatic carbocycles. The molecule has 0 saturated heterocycles. The highest BCUT2D eigenvalue weighted by atomic mass is 35.5. The minimum atomic E-state index is -0.427. The smallest absolute Gasteiger partial charge is 0.328 e. The molecule has 0 bridgehead atoms. The Hall–Kier alpha value is -3.46. The van der Waals surface area contributed by atoms with Crippen molar-refractivity contribution < 1.29 is 9.47 Å². The topological polar surface area (TPSA) is 111 Å². The van der Waals surface area contributed by atoms with Crippen LogP contribution < -0.4 is 20.1 Å². The van der Waals surface area contributed by atoms with E-state index in [-0.39, 0.29) is 6.01 Å². The van der Waals surface area contributed by atoms with Crippen molar-refractivity contribution in [3.05, 3.63) is 58.0 Å². The first-order valence-electron chi connectivity index (χ1n) is 11.8. The number of benzene rings is 2. The van der Waals surface area contributed by atoms with Crippen molar-refractivity contribution in [1.29, 1.82) is 0 Å². The quantitative estimate of drug-likeness (QED) is 0.240. The summed E-state index contributed by atoms with van der Waals surface area (Å²) < 4.78 is 11.2. The summed E-state index contributed by atoms with van der Waals surface area (Å²) in [6.07, 6.45) is 7.02. The van der Waals surface area contributed by atoms with Gasteiger partial charge in [0.2, 0.25) is 11.9 Å². The Balaban J connectivity index is 1.58. The Bertz CT molecular complexity index is 1140. The first-order chi connectivity index (χ1) is 17.0. The van der Waals surface area contributed by atoms with Crippen LogP contribution >= 0.6 is 11.6 Å². The normalized spacial score (nSPS) is 15.1. The van der Waals surface area contributed by atoms with Gasteiger partial charge in [-0.25, -0.2) is 0 Å². The van der Waals surface area contributed by atoms with E-state index in [0.717, 1.165) is 18.4 Å². The average molecular weight is 497 g/mol. The summed E-state index contributed by atoms with van der Waals surface area (Å²) in [4.78, 5) is 24.3. The zero-order chi connectivity index (χ0) is 24.6. The summed E-state index contributed by atoms with van der Waals surface area (Å²) in [6, 6.07) is 12.5. The molecule has 1 fully saturated rings. The van der Waals surface area contributed by atoms with Crippen LogP contribution in [0.1, 0.15) is 57.1 Å². The Morgan fingerprint density at radius 2 is 1.71 bits per heavy atom. The number of ether oxygens (including phenoxy) is 2. The molecule has 0 radical (unpaired) electrons. The minimum Gasteiger partial charge on any atom is -0.495 e. The van der Waals surface area contributed by atoms with Gasteiger partial charge in [-0.05, 0) is 55.7 Å². The maximum absolute atomic E-state index is 10.8. The summed E-state index contributed by atoms with van der Waals surface area (Å²) >= 11 is 6.27. The predicted octanol–water partition coefficient (Wildman–Crippen LogP) is 7.03. The number of nitroso groups, excluding NO2 is 1. The number of halogens is 1. The molecule has 2 aromatic carbocycles. The van der Waals surface area contributed by atoms with Crippen molar-refractivity contribution >= 4 is 29.2 Å². The molecule has 1 saturated carbocycles. The van der Waals surface area contributed by atoms with E-state index < -0.39 is 6.04 Å². The molecule has 184 valence electrons. The molecule has 0 aliphatic heterocycles. The van der Waals surface area contributed by atoms with Crippen molar-refractivity contribution in [2.75, 3.05) is 17.7 Å². The summed E-state index contributed by atoms with van der Waals surface area (Å²) in [5, 5.41) is 10.2. The average Bonchev–Trinajstić information content (AvgIpc) is 3.13. The van der Waals surface area contributed by atoms with Crippen LogP contribution in [0.15, 0.2) is 47.6 Å². The third kappa shape index (κ3) is 6.79. The molecule has 1 heterocycles. The van der Waals surface area contributed by atoms with Crippen LogP contribution in [-0.4, -0.2) is 28.1 Å². The first-order valence-corrected chi connectivity index (χ1v) is 12.2. The fraction of sp³-hybridized carbons (Fsp3) is 0.400. The number of hydrogen-bond acceptors (Lipinski definition) is 9. The van der Waals surface area contributed by atoms with Gasteiger partial charge in [0.25, 0.3) is 0 Å². The van der Waals surface area contributed by atoms with Crippen molar-refractivity contribution in [1.82, 2.24) is 15.0 Å². The third-order valence-electron chi connectivity index (χ3n) is 5.94. The van der Waals surface area contributed by atoms with Gasteiger partial charge in [-0.1, -0.05) is 54.6 Å². The summed E-state index contributed by atoms with van der Waals surface area (Å²) in [7, 11) is 1.57. The van der Waals surface area contributed by atoms with Crippen LogP contribution in [0, 0.1) is 4.91 Å². The Morgan fingerprint density at radius 3 is 2.37 bits per heavy atom. The van der Waals surface area contributed by atoms with Gasteiger partial charge in [0, 0.05) is 11.7 Å². The van der Waals surface area contributed by atoms with Crippen LogP contribution in [0.2, 0.25) is 5.02 Å². The van der Waals surface area contributed by atoms with Crippen molar-refractivity contribution in [2.45, 2.75) is 57.5 Å². The predicted molar refractivity (Wildman–Crippen MR) is 137 cm³/mol. The number of rotatable bonds is 9. The van der Waals surface area contributed by atoms with E-state index in [1.54, 1.807) is 50.4 Å². The van der Waals surface area contributed by atoms with Gasteiger partial charge in [-0.2, -0.15) is 19.9 Å². The first kappa shape index (κ1) is 24.7. The van der Waals surface area contributed by atoms with Crippen LogP contribution in [0.3, 0.4) is 0 Å². The standard InChI is InChI=1S/C25H29ClN6O3/c1-16(32-33)17-9-12-20(13-10-17)35-25-30-23(27-18-7-5-3-4-6-8-18)29-24(31-25)28-19-11-14-22(34-2)21(26)15-19/h9-16,18H,3-8H2,1-2H3,(H2,27,28,29,30,31). The molecule has 2 N–H and O–H groups in total. The number of nitrogens with zero attached hydrogens (tertiary/aromatic N) is 4. The lowest BCUT2D eigenvalue weighted by molar-refractivity contribution is 0.415. The number of aromatic nitrogens is 3. The number of anilines is 3. The van der Waals surface area contributed by atoms with Gasteiger partial charge in [-0.15, -0.1) is 0 Å². The maximum Gasteiger partial charge on any atom is 0.328 e. The second-order valence-corrected chi connectivity index (χ2v) is 8.93. The molecule has 9 nitrogen and oxygen atoms in total. The highest BCUT2D eigenvalue weighted by molar-refractivity contribution is 6.32. The van der Waals surface area contributed by atoms with Gasteiger partial charge in [-0.3, -0.25) is 0 Å². The summed E-state index contributed by atoms with van der Waals surface area (Å²) in [5.74, 6) is 1.88. The van der Waals surface area contributed by atoms with E-state index in [4.69, 9.17) is 21.1 Å². The Labute approximate surface area is 209 Å². The largest absolute Gasteiger partial charge is 0.495 e. The molecule has 1 atom stereocenters. The number of nitrogens with one attached hydrogen (secondary N) is 2. The van der Waals surface area contributed by atoms with E-state index in [1.807, 2.05) is 6.07 Å². The van der Waals surface area contributed by atoms with Crippen LogP contribution in [-0.2, 0) is 0 Å². The summed E-state index contributed by atoms with van der Waals surface area (Å²) in [6.45, 7) is 1.74. The molecule has 1 unspecified atom stereocenters. The van der Waals surface area contributed by atoms with Gasteiger partial charge in [0.05, 0.1) is 12.1 Å². The van der Waals surface area contributed by atoms with Gasteiger partial charge in [0.15, 0.2) is 0 Å². The SMILES string of the molecule is COc1ccc(Nc2nc(NC3CCCCCC3)nc(Oc3ccc(C(C)N=O)cc3)n2)cc1Cl. The molecule has 0 amide bonds. The van der Waals surface area contributed by atoms with Crippen LogP contribution in [0.4, 0.5) is 17.6 Å². The highest BCUT2D eigenvalue weighted by Crippen LogP contribution is 2.30. The minimum absolute atomic E-state index is 0.146. The molecule has 35 heavy (non-hydrogen) atoms. The molecule has 10 heteroatoms. The van der Waals surface area contributed by atoms with Gasteiger partial charge in [0.1, 0.15) is 17.5 Å². The highest BCUT2D eigenvalue weighted by Gasteiger charge is 2.16.